The molecule has 3 amide bonds. The van der Waals surface area contributed by atoms with Crippen LogP contribution < -0.4 is 27.4 Å². The lowest BCUT2D eigenvalue weighted by Gasteiger charge is -2.21. The van der Waals surface area contributed by atoms with E-state index >= 15 is 0 Å². The van der Waals surface area contributed by atoms with E-state index in [1.165, 1.54) is 0 Å². The van der Waals surface area contributed by atoms with E-state index in [2.05, 4.69) is 28.6 Å². The largest absolute Gasteiger partial charge is 0.480 e. The number of rotatable bonds is 13. The second-order valence-corrected chi connectivity index (χ2v) is 6.84. The first-order chi connectivity index (χ1) is 12.6. The third-order valence-corrected chi connectivity index (χ3v) is 4.21. The number of nitrogens with one attached hydrogen (secondary N) is 3. The van der Waals surface area contributed by atoms with Crippen LogP contribution in [0.5, 0.6) is 0 Å². The van der Waals surface area contributed by atoms with Crippen LogP contribution in [0.25, 0.3) is 0 Å². The van der Waals surface area contributed by atoms with Gasteiger partial charge in [0.05, 0.1) is 12.6 Å². The van der Waals surface area contributed by atoms with Gasteiger partial charge in [-0.05, 0) is 31.7 Å². The highest BCUT2D eigenvalue weighted by molar-refractivity contribution is 7.80. The summed E-state index contributed by atoms with van der Waals surface area (Å²) >= 11 is 4.01. The van der Waals surface area contributed by atoms with E-state index in [-0.39, 0.29) is 24.6 Å². The van der Waals surface area contributed by atoms with E-state index in [1.54, 1.807) is 13.8 Å². The Hall–Kier alpha value is -1.85. The molecule has 8 N–H and O–H groups in total. The molecule has 0 aliphatic heterocycles. The van der Waals surface area contributed by atoms with Gasteiger partial charge in [0.15, 0.2) is 0 Å². The molecule has 0 saturated carbocycles. The summed E-state index contributed by atoms with van der Waals surface area (Å²) in [7, 11) is 0. The molecule has 0 heterocycles. The zero-order chi connectivity index (χ0) is 21.0. The molecular weight excluding hydrogens is 374 g/mol. The molecule has 0 rings (SSSR count). The van der Waals surface area contributed by atoms with E-state index in [4.69, 9.17) is 11.5 Å². The number of carbonyl (C=O) groups excluding carboxylic acids is 3. The first kappa shape index (κ1) is 25.1. The second-order valence-electron chi connectivity index (χ2n) is 6.47. The van der Waals surface area contributed by atoms with Gasteiger partial charge in [-0.1, -0.05) is 13.8 Å². The summed E-state index contributed by atoms with van der Waals surface area (Å²) in [4.78, 5) is 47.1. The average Bonchev–Trinajstić information content (AvgIpc) is 2.62. The van der Waals surface area contributed by atoms with Crippen molar-refractivity contribution in [2.45, 2.75) is 51.2 Å². The van der Waals surface area contributed by atoms with E-state index in [9.17, 15) is 24.3 Å². The van der Waals surface area contributed by atoms with Crippen molar-refractivity contribution in [3.8, 4) is 0 Å². The molecule has 11 heteroatoms. The van der Waals surface area contributed by atoms with E-state index in [0.717, 1.165) is 0 Å². The summed E-state index contributed by atoms with van der Waals surface area (Å²) in [6.07, 6.45) is 1.42. The Morgan fingerprint density at radius 1 is 1.04 bits per heavy atom. The molecule has 0 saturated heterocycles. The van der Waals surface area contributed by atoms with Crippen molar-refractivity contribution in [1.29, 1.82) is 0 Å². The van der Waals surface area contributed by atoms with Gasteiger partial charge in [0.1, 0.15) is 12.1 Å². The summed E-state index contributed by atoms with van der Waals surface area (Å²) in [5.41, 5.74) is 11.0. The predicted octanol–water partition coefficient (Wildman–Crippen LogP) is -1.80. The minimum absolute atomic E-state index is 0.0355. The molecule has 0 spiro atoms. The molecule has 0 bridgehead atoms. The lowest BCUT2D eigenvalue weighted by molar-refractivity contribution is -0.142. The van der Waals surface area contributed by atoms with E-state index in [0.29, 0.717) is 19.4 Å². The van der Waals surface area contributed by atoms with Crippen LogP contribution in [-0.4, -0.2) is 65.8 Å². The fraction of sp³-hybridized carbons (Fsp3) is 0.750. The van der Waals surface area contributed by atoms with Gasteiger partial charge >= 0.3 is 5.97 Å². The first-order valence-corrected chi connectivity index (χ1v) is 9.44. The van der Waals surface area contributed by atoms with Gasteiger partial charge in [0.25, 0.3) is 0 Å². The molecule has 0 aromatic heterocycles. The number of carboxylic acid groups (broad SMARTS) is 1. The normalized spacial score (nSPS) is 14.1. The maximum Gasteiger partial charge on any atom is 0.326 e. The smallest absolute Gasteiger partial charge is 0.326 e. The van der Waals surface area contributed by atoms with Gasteiger partial charge in [-0.25, -0.2) is 4.79 Å². The van der Waals surface area contributed by atoms with Gasteiger partial charge < -0.3 is 32.5 Å². The standard InChI is InChI=1S/C16H31N5O5S/c1-9(2)13(18)15(24)19-7-12(22)20-11(8-27)14(23)21-10(16(25)26)5-3-4-6-17/h9-11,13,27H,3-8,17-18H2,1-2H3,(H,19,24)(H,20,22)(H,21,23)(H,25,26). The van der Waals surface area contributed by atoms with E-state index in [1.807, 2.05) is 0 Å². The van der Waals surface area contributed by atoms with Crippen LogP contribution in [0.1, 0.15) is 33.1 Å². The molecule has 0 aliphatic rings. The molecule has 0 aromatic rings. The van der Waals surface area contributed by atoms with Crippen LogP contribution in [0.3, 0.4) is 0 Å². The predicted molar refractivity (Wildman–Crippen MR) is 104 cm³/mol. The second kappa shape index (κ2) is 13.3. The fourth-order valence-electron chi connectivity index (χ4n) is 2.05. The molecule has 3 unspecified atom stereocenters. The highest BCUT2D eigenvalue weighted by atomic mass is 32.1. The van der Waals surface area contributed by atoms with Crippen LogP contribution in [0.15, 0.2) is 0 Å². The monoisotopic (exact) mass is 405 g/mol. The van der Waals surface area contributed by atoms with Crippen LogP contribution in [-0.2, 0) is 19.2 Å². The summed E-state index contributed by atoms with van der Waals surface area (Å²) < 4.78 is 0. The fourth-order valence-corrected chi connectivity index (χ4v) is 2.31. The van der Waals surface area contributed by atoms with Crippen LogP contribution in [0.4, 0.5) is 0 Å². The third kappa shape index (κ3) is 10.2. The molecular formula is C16H31N5O5S. The number of hydrogen-bond acceptors (Lipinski definition) is 7. The maximum absolute atomic E-state index is 12.2. The number of nitrogens with two attached hydrogens (primary N) is 2. The van der Waals surface area contributed by atoms with Crippen molar-refractivity contribution in [1.82, 2.24) is 16.0 Å². The number of aliphatic carboxylic acids is 1. The lowest BCUT2D eigenvalue weighted by Crippen LogP contribution is -2.54. The van der Waals surface area contributed by atoms with Gasteiger partial charge in [-0.15, -0.1) is 0 Å². The molecule has 156 valence electrons. The molecule has 3 atom stereocenters. The molecule has 0 aromatic carbocycles. The molecule has 27 heavy (non-hydrogen) atoms. The van der Waals surface area contributed by atoms with Crippen molar-refractivity contribution < 1.29 is 24.3 Å². The first-order valence-electron chi connectivity index (χ1n) is 8.80. The highest BCUT2D eigenvalue weighted by Gasteiger charge is 2.26. The van der Waals surface area contributed by atoms with Gasteiger partial charge in [-0.3, -0.25) is 14.4 Å². The quantitative estimate of drug-likeness (QED) is 0.140. The van der Waals surface area contributed by atoms with Crippen LogP contribution in [0.2, 0.25) is 0 Å². The summed E-state index contributed by atoms with van der Waals surface area (Å²) in [5, 5.41) is 16.4. The highest BCUT2D eigenvalue weighted by Crippen LogP contribution is 2.02. The number of unbranched alkanes of at least 4 members (excludes halogenated alkanes) is 1. The number of carbonyl (C=O) groups is 4. The third-order valence-electron chi connectivity index (χ3n) is 3.84. The number of thiol groups is 1. The van der Waals surface area contributed by atoms with Gasteiger partial charge in [0, 0.05) is 5.75 Å². The zero-order valence-corrected chi connectivity index (χ0v) is 16.6. The Morgan fingerprint density at radius 2 is 1.67 bits per heavy atom. The maximum atomic E-state index is 12.2. The van der Waals surface area contributed by atoms with Crippen molar-refractivity contribution in [2.75, 3.05) is 18.8 Å². The Morgan fingerprint density at radius 3 is 2.15 bits per heavy atom. The minimum atomic E-state index is -1.17. The van der Waals surface area contributed by atoms with Crippen LogP contribution in [0, 0.1) is 5.92 Å². The number of carboxylic acids is 1. The molecule has 0 fully saturated rings. The average molecular weight is 406 g/mol. The Bertz CT molecular complexity index is 517. The number of hydrogen-bond donors (Lipinski definition) is 7. The van der Waals surface area contributed by atoms with Crippen LogP contribution >= 0.6 is 12.6 Å². The minimum Gasteiger partial charge on any atom is -0.480 e. The summed E-state index contributed by atoms with van der Waals surface area (Å²) in [6, 6.07) is -2.86. The van der Waals surface area contributed by atoms with E-state index < -0.39 is 41.8 Å². The Labute approximate surface area is 164 Å². The molecule has 0 radical (unpaired) electrons. The zero-order valence-electron chi connectivity index (χ0n) is 15.7. The van der Waals surface area contributed by atoms with Crippen molar-refractivity contribution in [3.05, 3.63) is 0 Å². The van der Waals surface area contributed by atoms with Crippen molar-refractivity contribution in [2.24, 2.45) is 17.4 Å². The van der Waals surface area contributed by atoms with Gasteiger partial charge in [0.2, 0.25) is 17.7 Å². The topological polar surface area (TPSA) is 177 Å². The molecule has 0 aliphatic carbocycles. The van der Waals surface area contributed by atoms with Crippen molar-refractivity contribution in [3.63, 3.8) is 0 Å². The molecule has 10 nitrogen and oxygen atoms in total. The Balaban J connectivity index is 4.58. The van der Waals surface area contributed by atoms with Gasteiger partial charge in [-0.2, -0.15) is 12.6 Å². The lowest BCUT2D eigenvalue weighted by atomic mass is 10.1. The van der Waals surface area contributed by atoms with Crippen molar-refractivity contribution >= 4 is 36.3 Å². The SMILES string of the molecule is CC(C)C(N)C(=O)NCC(=O)NC(CS)C(=O)NC(CCCCN)C(=O)O. The summed E-state index contributed by atoms with van der Waals surface area (Å²) in [5.74, 6) is -3.03. The number of amides is 3. The summed E-state index contributed by atoms with van der Waals surface area (Å²) in [6.45, 7) is 3.63. The Kier molecular flexibility index (Phi) is 12.4.